The summed E-state index contributed by atoms with van der Waals surface area (Å²) in [6, 6.07) is 7.70. The maximum Gasteiger partial charge on any atom is 0.378 e. The number of carbonyl (C=O) groups is 1. The zero-order valence-corrected chi connectivity index (χ0v) is 16.0. The molecule has 3 rings (SSSR count). The quantitative estimate of drug-likeness (QED) is 0.412. The van der Waals surface area contributed by atoms with Gasteiger partial charge in [0.05, 0.1) is 19.6 Å². The number of rotatable bonds is 4. The van der Waals surface area contributed by atoms with Crippen LogP contribution in [0.2, 0.25) is 0 Å². The van der Waals surface area contributed by atoms with E-state index < -0.39 is 0 Å². The highest BCUT2D eigenvalue weighted by Crippen LogP contribution is 2.26. The first kappa shape index (κ1) is 18.3. The SMILES string of the molecule is CC[N+]1(COC(=O)c2oc3ccccc3c2C)CCCCC1.[I-]. The predicted octanol–water partition coefficient (Wildman–Crippen LogP) is 0.880. The summed E-state index contributed by atoms with van der Waals surface area (Å²) >= 11 is 0. The third-order valence-electron chi connectivity index (χ3n) is 4.93. The molecule has 0 aliphatic carbocycles. The van der Waals surface area contributed by atoms with Crippen LogP contribution >= 0.6 is 0 Å². The number of quaternary nitrogens is 1. The van der Waals surface area contributed by atoms with Crippen molar-refractivity contribution in [3.63, 3.8) is 0 Å². The maximum atomic E-state index is 12.4. The smallest absolute Gasteiger partial charge is 0.378 e. The number of nitrogens with zero attached hydrogens (tertiary/aromatic N) is 1. The van der Waals surface area contributed by atoms with Crippen LogP contribution in [0.25, 0.3) is 11.0 Å². The Morgan fingerprint density at radius 3 is 2.57 bits per heavy atom. The summed E-state index contributed by atoms with van der Waals surface area (Å²) < 4.78 is 12.2. The molecule has 1 aliphatic rings. The van der Waals surface area contributed by atoms with Crippen LogP contribution in [0, 0.1) is 6.92 Å². The lowest BCUT2D eigenvalue weighted by atomic mass is 10.1. The molecule has 0 N–H and O–H groups in total. The highest BCUT2D eigenvalue weighted by Gasteiger charge is 2.30. The summed E-state index contributed by atoms with van der Waals surface area (Å²) in [4.78, 5) is 12.4. The fourth-order valence-corrected chi connectivity index (χ4v) is 3.35. The average molecular weight is 429 g/mol. The summed E-state index contributed by atoms with van der Waals surface area (Å²) in [6.45, 7) is 7.74. The first-order valence-corrected chi connectivity index (χ1v) is 8.15. The Kier molecular flexibility index (Phi) is 6.08. The van der Waals surface area contributed by atoms with Crippen LogP contribution in [-0.2, 0) is 4.74 Å². The zero-order valence-electron chi connectivity index (χ0n) is 13.8. The molecule has 1 aromatic heterocycles. The molecule has 5 heteroatoms. The summed E-state index contributed by atoms with van der Waals surface area (Å²) in [5.74, 6) is -0.00214. The van der Waals surface area contributed by atoms with Crippen LogP contribution in [0.5, 0.6) is 0 Å². The van der Waals surface area contributed by atoms with Crippen LogP contribution < -0.4 is 24.0 Å². The molecule has 0 saturated carbocycles. The molecule has 4 nitrogen and oxygen atoms in total. The summed E-state index contributed by atoms with van der Waals surface area (Å²) in [5, 5.41) is 0.979. The minimum Gasteiger partial charge on any atom is -1.00 e. The molecule has 0 bridgehead atoms. The number of benzene rings is 1. The van der Waals surface area contributed by atoms with Crippen molar-refractivity contribution < 1.29 is 42.4 Å². The third-order valence-corrected chi connectivity index (χ3v) is 4.93. The van der Waals surface area contributed by atoms with E-state index in [4.69, 9.17) is 9.15 Å². The highest BCUT2D eigenvalue weighted by molar-refractivity contribution is 5.95. The minimum absolute atomic E-state index is 0. The number of likely N-dealkylation sites (tertiary alicyclic amines) is 1. The van der Waals surface area contributed by atoms with Crippen LogP contribution in [0.3, 0.4) is 0 Å². The van der Waals surface area contributed by atoms with Gasteiger partial charge in [-0.25, -0.2) is 4.79 Å². The van der Waals surface area contributed by atoms with Gasteiger partial charge in [-0.15, -0.1) is 0 Å². The summed E-state index contributed by atoms with van der Waals surface area (Å²) in [5.41, 5.74) is 1.60. The van der Waals surface area contributed by atoms with E-state index in [0.29, 0.717) is 12.5 Å². The lowest BCUT2D eigenvalue weighted by molar-refractivity contribution is -0.946. The molecule has 126 valence electrons. The van der Waals surface area contributed by atoms with E-state index in [9.17, 15) is 4.79 Å². The molecule has 1 aliphatic heterocycles. The van der Waals surface area contributed by atoms with E-state index in [0.717, 1.165) is 40.6 Å². The molecule has 0 atom stereocenters. The van der Waals surface area contributed by atoms with Crippen molar-refractivity contribution in [1.82, 2.24) is 0 Å². The number of piperidine rings is 1. The van der Waals surface area contributed by atoms with Crippen molar-refractivity contribution in [3.8, 4) is 0 Å². The van der Waals surface area contributed by atoms with E-state index in [-0.39, 0.29) is 29.9 Å². The van der Waals surface area contributed by atoms with E-state index in [1.807, 2.05) is 31.2 Å². The van der Waals surface area contributed by atoms with Gasteiger partial charge in [0, 0.05) is 10.9 Å². The number of halogens is 1. The van der Waals surface area contributed by atoms with Gasteiger partial charge in [-0.2, -0.15) is 0 Å². The number of fused-ring (bicyclic) bond motifs is 1. The fraction of sp³-hybridized carbons (Fsp3) is 0.500. The predicted molar refractivity (Wildman–Crippen MR) is 85.6 cm³/mol. The van der Waals surface area contributed by atoms with Crippen LogP contribution in [0.1, 0.15) is 42.3 Å². The van der Waals surface area contributed by atoms with Gasteiger partial charge in [-0.1, -0.05) is 18.2 Å². The van der Waals surface area contributed by atoms with E-state index in [2.05, 4.69) is 6.92 Å². The number of esters is 1. The molecule has 2 aromatic rings. The fourth-order valence-electron chi connectivity index (χ4n) is 3.35. The number of carbonyl (C=O) groups excluding carboxylic acids is 1. The van der Waals surface area contributed by atoms with Gasteiger partial charge in [0.15, 0.2) is 0 Å². The number of ether oxygens (including phenoxy) is 1. The normalized spacial score (nSPS) is 16.8. The van der Waals surface area contributed by atoms with Gasteiger partial charge in [0.1, 0.15) is 5.58 Å². The zero-order chi connectivity index (χ0) is 15.6. The Balaban J connectivity index is 0.00000192. The van der Waals surface area contributed by atoms with Crippen molar-refractivity contribution in [2.75, 3.05) is 26.4 Å². The molecule has 0 amide bonds. The Labute approximate surface area is 154 Å². The maximum absolute atomic E-state index is 12.4. The first-order valence-electron chi connectivity index (χ1n) is 8.15. The largest absolute Gasteiger partial charge is 1.00 e. The summed E-state index contributed by atoms with van der Waals surface area (Å²) in [7, 11) is 0. The molecule has 2 heterocycles. The van der Waals surface area contributed by atoms with Gasteiger partial charge < -0.3 is 33.1 Å². The van der Waals surface area contributed by atoms with Crippen molar-refractivity contribution in [3.05, 3.63) is 35.6 Å². The molecule has 0 unspecified atom stereocenters. The highest BCUT2D eigenvalue weighted by atomic mass is 127. The standard InChI is InChI=1S/C18H24NO3.HI/c1-3-19(11-7-4-8-12-19)13-21-18(20)17-14(2)15-9-5-6-10-16(15)22-17;/h5-6,9-10H,3-4,7-8,11-13H2,1-2H3;1H/q+1;/p-1. The second-order valence-electron chi connectivity index (χ2n) is 6.28. The first-order chi connectivity index (χ1) is 10.7. The van der Waals surface area contributed by atoms with Crippen LogP contribution in [-0.4, -0.2) is 36.8 Å². The Hall–Kier alpha value is -1.08. The molecule has 23 heavy (non-hydrogen) atoms. The molecular formula is C18H24INO3. The van der Waals surface area contributed by atoms with Gasteiger partial charge in [0.25, 0.3) is 0 Å². The van der Waals surface area contributed by atoms with Crippen molar-refractivity contribution in [2.24, 2.45) is 0 Å². The number of aryl methyl sites for hydroxylation is 1. The third kappa shape index (κ3) is 3.71. The molecule has 1 fully saturated rings. The topological polar surface area (TPSA) is 39.4 Å². The summed E-state index contributed by atoms with van der Waals surface area (Å²) in [6.07, 6.45) is 3.72. The number of furan rings is 1. The van der Waals surface area contributed by atoms with E-state index >= 15 is 0 Å². The second kappa shape index (κ2) is 7.66. The van der Waals surface area contributed by atoms with Crippen LogP contribution in [0.4, 0.5) is 0 Å². The van der Waals surface area contributed by atoms with Crippen molar-refractivity contribution in [1.29, 1.82) is 0 Å². The van der Waals surface area contributed by atoms with Gasteiger partial charge in [-0.05, 0) is 39.2 Å². The van der Waals surface area contributed by atoms with Gasteiger partial charge in [0.2, 0.25) is 12.5 Å². The van der Waals surface area contributed by atoms with E-state index in [1.165, 1.54) is 19.3 Å². The number of para-hydroxylation sites is 1. The molecular weight excluding hydrogens is 405 g/mol. The Bertz CT molecular complexity index is 674. The minimum atomic E-state index is -0.342. The average Bonchev–Trinajstić information content (AvgIpc) is 2.91. The molecule has 1 saturated heterocycles. The number of hydrogen-bond acceptors (Lipinski definition) is 3. The lowest BCUT2D eigenvalue weighted by Gasteiger charge is -2.39. The Morgan fingerprint density at radius 1 is 1.22 bits per heavy atom. The molecule has 0 spiro atoms. The lowest BCUT2D eigenvalue weighted by Crippen LogP contribution is -3.00. The van der Waals surface area contributed by atoms with E-state index in [1.54, 1.807) is 0 Å². The van der Waals surface area contributed by atoms with Crippen LogP contribution in [0.15, 0.2) is 28.7 Å². The van der Waals surface area contributed by atoms with Gasteiger partial charge in [-0.3, -0.25) is 4.48 Å². The molecule has 1 aromatic carbocycles. The van der Waals surface area contributed by atoms with Gasteiger partial charge >= 0.3 is 5.97 Å². The molecule has 0 radical (unpaired) electrons. The van der Waals surface area contributed by atoms with Crippen molar-refractivity contribution in [2.45, 2.75) is 33.1 Å². The number of hydrogen-bond donors (Lipinski definition) is 0. The van der Waals surface area contributed by atoms with Crippen molar-refractivity contribution >= 4 is 16.9 Å². The Morgan fingerprint density at radius 2 is 1.91 bits per heavy atom. The second-order valence-corrected chi connectivity index (χ2v) is 6.28. The monoisotopic (exact) mass is 429 g/mol.